The number of fused-ring (bicyclic) bond motifs is 3. The molecule has 5 rings (SSSR count). The monoisotopic (exact) mass is 553 g/mol. The van der Waals surface area contributed by atoms with Crippen LogP contribution in [-0.2, 0) is 30.9 Å². The second-order valence-electron chi connectivity index (χ2n) is 12.5. The van der Waals surface area contributed by atoms with Crippen LogP contribution in [0.2, 0.25) is 5.02 Å². The van der Waals surface area contributed by atoms with Gasteiger partial charge in [0.05, 0.1) is 31.7 Å². The second kappa shape index (κ2) is 11.0. The third kappa shape index (κ3) is 6.06. The van der Waals surface area contributed by atoms with Gasteiger partial charge in [0.2, 0.25) is 0 Å². The maximum Gasteiger partial charge on any atom is 0.313 e. The van der Waals surface area contributed by atoms with Gasteiger partial charge in [0.15, 0.2) is 0 Å². The predicted octanol–water partition coefficient (Wildman–Crippen LogP) is 6.60. The molecule has 0 unspecified atom stereocenters. The van der Waals surface area contributed by atoms with Gasteiger partial charge in [-0.3, -0.25) is 9.59 Å². The fourth-order valence-corrected chi connectivity index (χ4v) is 6.56. The van der Waals surface area contributed by atoms with E-state index in [1.54, 1.807) is 0 Å². The first-order valence-electron chi connectivity index (χ1n) is 14.2. The Kier molecular flexibility index (Phi) is 7.87. The molecular formula is C32H40ClNO5. The summed E-state index contributed by atoms with van der Waals surface area (Å²) >= 11 is 6.38. The average Bonchev–Trinajstić information content (AvgIpc) is 3.00. The van der Waals surface area contributed by atoms with Gasteiger partial charge in [-0.2, -0.15) is 0 Å². The van der Waals surface area contributed by atoms with E-state index >= 15 is 0 Å². The molecule has 1 fully saturated rings. The topological polar surface area (TPSA) is 65.1 Å². The van der Waals surface area contributed by atoms with E-state index in [9.17, 15) is 9.59 Å². The summed E-state index contributed by atoms with van der Waals surface area (Å²) in [5.74, 6) is -0.169. The number of esters is 2. The maximum atomic E-state index is 12.9. The number of rotatable bonds is 6. The van der Waals surface area contributed by atoms with Crippen LogP contribution in [0, 0.1) is 5.92 Å². The highest BCUT2D eigenvalue weighted by molar-refractivity contribution is 6.30. The largest absolute Gasteiger partial charge is 0.490 e. The molecule has 2 aromatic carbocycles. The molecule has 1 aliphatic heterocycles. The molecule has 7 heteroatoms. The number of carbonyl (C=O) groups is 2. The Morgan fingerprint density at radius 1 is 1.15 bits per heavy atom. The third-order valence-corrected chi connectivity index (χ3v) is 8.68. The number of anilines is 1. The Morgan fingerprint density at radius 3 is 2.64 bits per heavy atom. The number of ether oxygens (including phenoxy) is 3. The van der Waals surface area contributed by atoms with Crippen molar-refractivity contribution >= 4 is 29.2 Å². The summed E-state index contributed by atoms with van der Waals surface area (Å²) in [5.41, 5.74) is 3.60. The molecule has 1 spiro atoms. The zero-order valence-corrected chi connectivity index (χ0v) is 24.3. The molecule has 2 atom stereocenters. The molecule has 2 aliphatic carbocycles. The van der Waals surface area contributed by atoms with E-state index in [4.69, 9.17) is 25.8 Å². The zero-order chi connectivity index (χ0) is 27.8. The molecule has 0 aromatic heterocycles. The van der Waals surface area contributed by atoms with E-state index in [1.165, 1.54) is 37.5 Å². The molecule has 2 aromatic rings. The lowest BCUT2D eigenvalue weighted by molar-refractivity contribution is -0.158. The molecule has 1 heterocycles. The predicted molar refractivity (Wildman–Crippen MR) is 153 cm³/mol. The van der Waals surface area contributed by atoms with Crippen molar-refractivity contribution in [2.45, 2.75) is 82.7 Å². The number of methoxy groups -OCH3 is 1. The molecule has 0 amide bonds. The summed E-state index contributed by atoms with van der Waals surface area (Å²) in [5, 5.41) is 0.776. The summed E-state index contributed by atoms with van der Waals surface area (Å²) in [7, 11) is 1.36. The third-order valence-electron chi connectivity index (χ3n) is 8.44. The van der Waals surface area contributed by atoms with Gasteiger partial charge >= 0.3 is 11.9 Å². The van der Waals surface area contributed by atoms with Crippen LogP contribution in [0.5, 0.6) is 5.75 Å². The number of hydrogen-bond acceptors (Lipinski definition) is 6. The lowest BCUT2D eigenvalue weighted by Gasteiger charge is -2.42. The van der Waals surface area contributed by atoms with Crippen LogP contribution in [0.15, 0.2) is 36.4 Å². The highest BCUT2D eigenvalue weighted by Crippen LogP contribution is 2.46. The minimum absolute atomic E-state index is 0.0791. The molecule has 210 valence electrons. The minimum Gasteiger partial charge on any atom is -0.490 e. The van der Waals surface area contributed by atoms with Crippen LogP contribution >= 0.6 is 11.6 Å². The van der Waals surface area contributed by atoms with E-state index in [2.05, 4.69) is 17.0 Å². The first kappa shape index (κ1) is 27.8. The lowest BCUT2D eigenvalue weighted by Crippen LogP contribution is -2.47. The van der Waals surface area contributed by atoms with Gasteiger partial charge in [-0.25, -0.2) is 0 Å². The van der Waals surface area contributed by atoms with Crippen molar-refractivity contribution in [1.29, 1.82) is 0 Å². The smallest absolute Gasteiger partial charge is 0.313 e. The Morgan fingerprint density at radius 2 is 1.95 bits per heavy atom. The van der Waals surface area contributed by atoms with E-state index < -0.39 is 23.5 Å². The summed E-state index contributed by atoms with van der Waals surface area (Å²) in [4.78, 5) is 28.1. The van der Waals surface area contributed by atoms with Gasteiger partial charge in [0, 0.05) is 23.5 Å². The van der Waals surface area contributed by atoms with E-state index in [0.717, 1.165) is 54.4 Å². The number of benzene rings is 2. The van der Waals surface area contributed by atoms with Crippen LogP contribution in [-0.4, -0.2) is 44.3 Å². The van der Waals surface area contributed by atoms with E-state index in [-0.39, 0.29) is 11.8 Å². The van der Waals surface area contributed by atoms with Crippen LogP contribution in [0.1, 0.15) is 81.9 Å². The number of hydrogen-bond donors (Lipinski definition) is 0. The Balaban J connectivity index is 1.51. The molecule has 1 saturated carbocycles. The molecule has 0 saturated heterocycles. The van der Waals surface area contributed by atoms with Crippen molar-refractivity contribution in [3.05, 3.63) is 58.1 Å². The Hall–Kier alpha value is -2.73. The maximum absolute atomic E-state index is 12.9. The van der Waals surface area contributed by atoms with Crippen molar-refractivity contribution < 1.29 is 23.8 Å². The van der Waals surface area contributed by atoms with E-state index in [1.807, 2.05) is 45.0 Å². The van der Waals surface area contributed by atoms with Crippen molar-refractivity contribution in [3.63, 3.8) is 0 Å². The van der Waals surface area contributed by atoms with Crippen molar-refractivity contribution in [2.24, 2.45) is 5.92 Å². The molecule has 39 heavy (non-hydrogen) atoms. The summed E-state index contributed by atoms with van der Waals surface area (Å²) in [6.07, 6.45) is 6.83. The van der Waals surface area contributed by atoms with Gasteiger partial charge in [-0.15, -0.1) is 0 Å². The summed E-state index contributed by atoms with van der Waals surface area (Å²) in [6, 6.07) is 12.2. The highest BCUT2D eigenvalue weighted by atomic mass is 35.5. The highest BCUT2D eigenvalue weighted by Gasteiger charge is 2.42. The summed E-state index contributed by atoms with van der Waals surface area (Å²) < 4.78 is 17.2. The number of carbonyl (C=O) groups excluding carboxylic acids is 2. The molecule has 0 N–H and O–H groups in total. The van der Waals surface area contributed by atoms with Gasteiger partial charge in [-0.05, 0) is 99.7 Å². The summed E-state index contributed by atoms with van der Waals surface area (Å²) in [6.45, 7) is 7.84. The van der Waals surface area contributed by atoms with Crippen LogP contribution in [0.25, 0.3) is 0 Å². The van der Waals surface area contributed by atoms with Crippen LogP contribution in [0.4, 0.5) is 5.69 Å². The zero-order valence-electron chi connectivity index (χ0n) is 23.6. The van der Waals surface area contributed by atoms with Gasteiger partial charge in [0.1, 0.15) is 11.4 Å². The Bertz CT molecular complexity index is 1230. The molecule has 0 radical (unpaired) electrons. The standard InChI is InChI=1S/C32H40ClNO5/c1-31(2,3)39-29(35)17-25(30(36)37-4)22-10-13-28-27(16-22)34(18-21-7-5-8-21)19-32(20-38-28)14-6-9-23-15-24(33)11-12-26(23)32/h10-13,15-16,21,25H,5-9,14,17-20H2,1-4H3/t25-,32+/m1/s1. The fourth-order valence-electron chi connectivity index (χ4n) is 6.36. The number of aryl methyl sites for hydroxylation is 1. The quantitative estimate of drug-likeness (QED) is 0.375. The first-order chi connectivity index (χ1) is 18.6. The fraction of sp³-hybridized carbons (Fsp3) is 0.562. The van der Waals surface area contributed by atoms with Crippen LogP contribution < -0.4 is 9.64 Å². The van der Waals surface area contributed by atoms with Crippen molar-refractivity contribution in [1.82, 2.24) is 0 Å². The average molecular weight is 554 g/mol. The van der Waals surface area contributed by atoms with Crippen LogP contribution in [0.3, 0.4) is 0 Å². The number of nitrogens with zero attached hydrogens (tertiary/aromatic N) is 1. The molecular weight excluding hydrogens is 514 g/mol. The number of halogens is 1. The Labute approximate surface area is 236 Å². The van der Waals surface area contributed by atoms with Gasteiger partial charge in [-0.1, -0.05) is 30.2 Å². The SMILES string of the molecule is COC(=O)[C@H](CC(=O)OC(C)(C)C)c1ccc2c(c1)N(CC1CCC1)C[C@@]1(CCCc3cc(Cl)ccc31)CO2. The van der Waals surface area contributed by atoms with Crippen molar-refractivity contribution in [3.8, 4) is 5.75 Å². The molecule has 6 nitrogen and oxygen atoms in total. The second-order valence-corrected chi connectivity index (χ2v) is 12.9. The first-order valence-corrected chi connectivity index (χ1v) is 14.5. The molecule has 0 bridgehead atoms. The van der Waals surface area contributed by atoms with Crippen molar-refractivity contribution in [2.75, 3.05) is 31.7 Å². The minimum atomic E-state index is -0.754. The van der Waals surface area contributed by atoms with Gasteiger partial charge in [0.25, 0.3) is 0 Å². The molecule has 3 aliphatic rings. The normalized spacial score (nSPS) is 21.6. The lowest BCUT2D eigenvalue weighted by atomic mass is 9.70. The van der Waals surface area contributed by atoms with E-state index in [0.29, 0.717) is 12.5 Å². The van der Waals surface area contributed by atoms with Gasteiger partial charge < -0.3 is 19.1 Å².